The Bertz CT molecular complexity index is 1470. The predicted molar refractivity (Wildman–Crippen MR) is 139 cm³/mol. The number of esters is 1. The maximum atomic E-state index is 12.9. The molecule has 0 aliphatic heterocycles. The first kappa shape index (κ1) is 26.7. The van der Waals surface area contributed by atoms with Crippen LogP contribution in [0.2, 0.25) is 5.02 Å². The van der Waals surface area contributed by atoms with Gasteiger partial charge in [-0.05, 0) is 55.5 Å². The average Bonchev–Trinajstić information content (AvgIpc) is 3.32. The molecule has 194 valence electrons. The topological polar surface area (TPSA) is 73.2 Å². The molecule has 0 unspecified atom stereocenters. The minimum Gasteiger partial charge on any atom is -0.449 e. The van der Waals surface area contributed by atoms with Crippen molar-refractivity contribution in [1.29, 1.82) is 0 Å². The number of benzene rings is 3. The predicted octanol–water partition coefficient (Wildman–Crippen LogP) is 6.80. The number of para-hydroxylation sites is 1. The lowest BCUT2D eigenvalue weighted by atomic mass is 10.1. The van der Waals surface area contributed by atoms with Crippen molar-refractivity contribution in [3.05, 3.63) is 107 Å². The molecule has 10 heteroatoms. The Hall–Kier alpha value is -4.37. The standard InChI is InChI=1S/C28H21ClF3N3O3/c1-18(27(37)33-23-7-5-6-21(16-23)28(30,31)32)38-25(36)15-12-20-17-35(24-8-3-2-4-9-24)34-26(20)19-10-13-22(29)14-11-19/h2-18H,1H3,(H,33,37)/b15-12+/t18-/m0/s1. The largest absolute Gasteiger partial charge is 0.449 e. The van der Waals surface area contributed by atoms with Gasteiger partial charge in [-0.15, -0.1) is 0 Å². The van der Waals surface area contributed by atoms with Crippen LogP contribution < -0.4 is 5.32 Å². The summed E-state index contributed by atoms with van der Waals surface area (Å²) in [5.74, 6) is -1.59. The minimum absolute atomic E-state index is 0.0656. The quantitative estimate of drug-likeness (QED) is 0.207. The molecule has 1 amide bonds. The molecule has 1 aromatic heterocycles. The van der Waals surface area contributed by atoms with Crippen LogP contribution in [0.4, 0.5) is 18.9 Å². The zero-order valence-electron chi connectivity index (χ0n) is 19.9. The fourth-order valence-corrected chi connectivity index (χ4v) is 3.62. The number of ether oxygens (including phenoxy) is 1. The van der Waals surface area contributed by atoms with E-state index in [4.69, 9.17) is 16.3 Å². The third-order valence-corrected chi connectivity index (χ3v) is 5.65. The van der Waals surface area contributed by atoms with E-state index < -0.39 is 29.7 Å². The summed E-state index contributed by atoms with van der Waals surface area (Å²) in [7, 11) is 0. The summed E-state index contributed by atoms with van der Waals surface area (Å²) < 4.78 is 45.6. The molecular weight excluding hydrogens is 519 g/mol. The van der Waals surface area contributed by atoms with E-state index in [0.717, 1.165) is 29.5 Å². The van der Waals surface area contributed by atoms with Gasteiger partial charge in [0.25, 0.3) is 5.91 Å². The first-order valence-electron chi connectivity index (χ1n) is 11.4. The van der Waals surface area contributed by atoms with E-state index >= 15 is 0 Å². The van der Waals surface area contributed by atoms with Crippen LogP contribution in [0, 0.1) is 0 Å². The lowest BCUT2D eigenvalue weighted by Gasteiger charge is -2.13. The molecule has 3 aromatic carbocycles. The maximum Gasteiger partial charge on any atom is 0.416 e. The van der Waals surface area contributed by atoms with Crippen molar-refractivity contribution in [2.75, 3.05) is 5.32 Å². The zero-order chi connectivity index (χ0) is 27.3. The van der Waals surface area contributed by atoms with Gasteiger partial charge in [-0.3, -0.25) is 4.79 Å². The summed E-state index contributed by atoms with van der Waals surface area (Å²) in [6.45, 7) is 1.32. The highest BCUT2D eigenvalue weighted by Crippen LogP contribution is 2.31. The first-order valence-corrected chi connectivity index (χ1v) is 11.8. The van der Waals surface area contributed by atoms with Gasteiger partial charge in [0, 0.05) is 34.1 Å². The third-order valence-electron chi connectivity index (χ3n) is 5.40. The smallest absolute Gasteiger partial charge is 0.416 e. The van der Waals surface area contributed by atoms with E-state index in [9.17, 15) is 22.8 Å². The van der Waals surface area contributed by atoms with Gasteiger partial charge in [-0.25, -0.2) is 9.48 Å². The molecule has 0 radical (unpaired) electrons. The summed E-state index contributed by atoms with van der Waals surface area (Å²) in [5, 5.41) is 7.53. The molecule has 0 spiro atoms. The number of amides is 1. The van der Waals surface area contributed by atoms with Gasteiger partial charge in [0.1, 0.15) is 0 Å². The number of nitrogens with one attached hydrogen (secondary N) is 1. The first-order chi connectivity index (χ1) is 18.1. The molecular formula is C28H21ClF3N3O3. The van der Waals surface area contributed by atoms with Crippen LogP contribution in [0.3, 0.4) is 0 Å². The van der Waals surface area contributed by atoms with Crippen molar-refractivity contribution in [3.63, 3.8) is 0 Å². The molecule has 0 saturated carbocycles. The van der Waals surface area contributed by atoms with Crippen LogP contribution in [0.15, 0.2) is 91.1 Å². The molecule has 0 bridgehead atoms. The van der Waals surface area contributed by atoms with Gasteiger partial charge in [-0.1, -0.05) is 48.0 Å². The SMILES string of the molecule is C[C@H](OC(=O)/C=C/c1cn(-c2ccccc2)nc1-c1ccc(Cl)cc1)C(=O)Nc1cccc(C(F)(F)F)c1. The van der Waals surface area contributed by atoms with Gasteiger partial charge >= 0.3 is 12.1 Å². The van der Waals surface area contributed by atoms with Crippen LogP contribution in [0.25, 0.3) is 23.0 Å². The molecule has 0 saturated heterocycles. The number of anilines is 1. The summed E-state index contributed by atoms with van der Waals surface area (Å²) >= 11 is 6.01. The normalized spacial score (nSPS) is 12.3. The number of nitrogens with zero attached hydrogens (tertiary/aromatic N) is 2. The van der Waals surface area contributed by atoms with E-state index in [2.05, 4.69) is 10.4 Å². The second kappa shape index (κ2) is 11.4. The average molecular weight is 540 g/mol. The second-order valence-electron chi connectivity index (χ2n) is 8.20. The van der Waals surface area contributed by atoms with E-state index in [1.54, 1.807) is 35.1 Å². The van der Waals surface area contributed by atoms with Crippen LogP contribution in [0.5, 0.6) is 0 Å². The highest BCUT2D eigenvalue weighted by molar-refractivity contribution is 6.30. The van der Waals surface area contributed by atoms with Gasteiger partial charge in [-0.2, -0.15) is 18.3 Å². The number of carbonyl (C=O) groups excluding carboxylic acids is 2. The molecule has 4 aromatic rings. The van der Waals surface area contributed by atoms with Gasteiger partial charge in [0.2, 0.25) is 0 Å². The second-order valence-corrected chi connectivity index (χ2v) is 8.64. The molecule has 6 nitrogen and oxygen atoms in total. The number of aromatic nitrogens is 2. The molecule has 0 aliphatic rings. The molecule has 38 heavy (non-hydrogen) atoms. The summed E-state index contributed by atoms with van der Waals surface area (Å²) in [4.78, 5) is 24.8. The highest BCUT2D eigenvalue weighted by Gasteiger charge is 2.30. The van der Waals surface area contributed by atoms with Crippen molar-refractivity contribution in [2.45, 2.75) is 19.2 Å². The van der Waals surface area contributed by atoms with Gasteiger partial charge < -0.3 is 10.1 Å². The fraction of sp³-hybridized carbons (Fsp3) is 0.107. The Morgan fingerprint density at radius 2 is 1.74 bits per heavy atom. The maximum absolute atomic E-state index is 12.9. The number of carbonyl (C=O) groups is 2. The zero-order valence-corrected chi connectivity index (χ0v) is 20.7. The Morgan fingerprint density at radius 3 is 2.42 bits per heavy atom. The lowest BCUT2D eigenvalue weighted by Crippen LogP contribution is -2.29. The molecule has 1 heterocycles. The van der Waals surface area contributed by atoms with Crippen molar-refractivity contribution < 1.29 is 27.5 Å². The molecule has 1 atom stereocenters. The van der Waals surface area contributed by atoms with E-state index in [-0.39, 0.29) is 5.69 Å². The Balaban J connectivity index is 1.48. The Morgan fingerprint density at radius 1 is 1.03 bits per heavy atom. The number of rotatable bonds is 7. The summed E-state index contributed by atoms with van der Waals surface area (Å²) in [6.07, 6.45) is -1.41. The lowest BCUT2D eigenvalue weighted by molar-refractivity contribution is -0.148. The van der Waals surface area contributed by atoms with Crippen molar-refractivity contribution in [1.82, 2.24) is 9.78 Å². The van der Waals surface area contributed by atoms with Gasteiger partial charge in [0.15, 0.2) is 6.10 Å². The summed E-state index contributed by atoms with van der Waals surface area (Å²) in [5.41, 5.74) is 1.80. The van der Waals surface area contributed by atoms with Crippen LogP contribution in [-0.4, -0.2) is 27.8 Å². The molecule has 0 fully saturated rings. The molecule has 4 rings (SSSR count). The fourth-order valence-electron chi connectivity index (χ4n) is 3.50. The van der Waals surface area contributed by atoms with Crippen molar-refractivity contribution >= 4 is 35.2 Å². The van der Waals surface area contributed by atoms with Gasteiger partial charge in [0.05, 0.1) is 16.9 Å². The van der Waals surface area contributed by atoms with Crippen molar-refractivity contribution in [2.24, 2.45) is 0 Å². The minimum atomic E-state index is -4.55. The molecule has 0 aliphatic carbocycles. The van der Waals surface area contributed by atoms with Crippen LogP contribution >= 0.6 is 11.6 Å². The van der Waals surface area contributed by atoms with Crippen LogP contribution in [-0.2, 0) is 20.5 Å². The summed E-state index contributed by atoms with van der Waals surface area (Å²) in [6, 6.07) is 20.6. The number of alkyl halides is 3. The highest BCUT2D eigenvalue weighted by atomic mass is 35.5. The van der Waals surface area contributed by atoms with E-state index in [0.29, 0.717) is 16.3 Å². The molecule has 1 N–H and O–H groups in total. The van der Waals surface area contributed by atoms with Crippen molar-refractivity contribution in [3.8, 4) is 16.9 Å². The number of halogens is 4. The third kappa shape index (κ3) is 6.68. The Kier molecular flexibility index (Phi) is 7.97. The van der Waals surface area contributed by atoms with E-state index in [1.165, 1.54) is 25.1 Å². The van der Waals surface area contributed by atoms with E-state index in [1.807, 2.05) is 30.3 Å². The van der Waals surface area contributed by atoms with Crippen LogP contribution in [0.1, 0.15) is 18.1 Å². The Labute approximate surface area is 221 Å². The number of hydrogen-bond acceptors (Lipinski definition) is 4. The number of hydrogen-bond donors (Lipinski definition) is 1. The monoisotopic (exact) mass is 539 g/mol.